The molecule has 1 aromatic carbocycles. The van der Waals surface area contributed by atoms with Crippen LogP contribution in [0.25, 0.3) is 0 Å². The number of carbonyl (C=O) groups excluding carboxylic acids is 1. The number of hydrogen-bond donors (Lipinski definition) is 1. The zero-order valence-corrected chi connectivity index (χ0v) is 14.5. The van der Waals surface area contributed by atoms with E-state index in [9.17, 15) is 13.2 Å². The summed E-state index contributed by atoms with van der Waals surface area (Å²) in [5.41, 5.74) is 0.423. The number of nitrogens with zero attached hydrogens (tertiary/aromatic N) is 2. The molecule has 7 nitrogen and oxygen atoms in total. The molecule has 1 heterocycles. The standard InChI is InChI=1S/C16H19N3O4S/c1-4-10(2)14(16(20)23-11(3)9-17)18-15-12-7-5-6-8-13(12)24(21,22)19-15/h5-8,10-11,14H,4H2,1-3H3,(H,18,19)/t10-,11-,14-/m0/s1. The summed E-state index contributed by atoms with van der Waals surface area (Å²) in [6, 6.07) is 7.36. The van der Waals surface area contributed by atoms with Crippen molar-refractivity contribution < 1.29 is 17.9 Å². The molecule has 0 unspecified atom stereocenters. The molecular formula is C16H19N3O4S. The maximum atomic E-state index is 12.3. The number of nitriles is 1. The molecule has 0 aliphatic carbocycles. The predicted octanol–water partition coefficient (Wildman–Crippen LogP) is 1.60. The molecule has 0 fully saturated rings. The lowest BCUT2D eigenvalue weighted by Crippen LogP contribution is -2.33. The van der Waals surface area contributed by atoms with Crippen LogP contribution in [0.1, 0.15) is 32.8 Å². The highest BCUT2D eigenvalue weighted by Crippen LogP contribution is 2.24. The van der Waals surface area contributed by atoms with Crippen LogP contribution in [-0.4, -0.2) is 32.4 Å². The van der Waals surface area contributed by atoms with E-state index in [0.717, 1.165) is 0 Å². The summed E-state index contributed by atoms with van der Waals surface area (Å²) in [6.07, 6.45) is -0.247. The van der Waals surface area contributed by atoms with Crippen LogP contribution in [0.15, 0.2) is 34.2 Å². The van der Waals surface area contributed by atoms with Gasteiger partial charge in [-0.3, -0.25) is 9.71 Å². The third-order valence-electron chi connectivity index (χ3n) is 3.83. The number of carbonyl (C=O) groups is 1. The molecule has 0 radical (unpaired) electrons. The average Bonchev–Trinajstić information content (AvgIpc) is 2.82. The van der Waals surface area contributed by atoms with Crippen molar-refractivity contribution in [2.45, 2.75) is 44.2 Å². The van der Waals surface area contributed by atoms with E-state index in [1.807, 2.05) is 19.9 Å². The summed E-state index contributed by atoms with van der Waals surface area (Å²) >= 11 is 0. The molecule has 1 aliphatic heterocycles. The molecule has 24 heavy (non-hydrogen) atoms. The average molecular weight is 349 g/mol. The molecule has 0 amide bonds. The molecule has 3 atom stereocenters. The highest BCUT2D eigenvalue weighted by molar-refractivity contribution is 7.90. The van der Waals surface area contributed by atoms with Gasteiger partial charge in [0, 0.05) is 5.56 Å². The van der Waals surface area contributed by atoms with Crippen molar-refractivity contribution in [2.75, 3.05) is 0 Å². The van der Waals surface area contributed by atoms with Gasteiger partial charge in [0.2, 0.25) is 0 Å². The van der Waals surface area contributed by atoms with Crippen LogP contribution in [-0.2, 0) is 19.6 Å². The largest absolute Gasteiger partial charge is 0.446 e. The maximum absolute atomic E-state index is 12.3. The molecule has 1 N–H and O–H groups in total. The van der Waals surface area contributed by atoms with Gasteiger partial charge in [-0.1, -0.05) is 32.4 Å². The topological polar surface area (TPSA) is 109 Å². The molecule has 0 spiro atoms. The second-order valence-corrected chi connectivity index (χ2v) is 7.27. The maximum Gasteiger partial charge on any atom is 0.332 e. The van der Waals surface area contributed by atoms with Crippen LogP contribution in [0.2, 0.25) is 0 Å². The van der Waals surface area contributed by atoms with Crippen molar-refractivity contribution in [3.63, 3.8) is 0 Å². The fraction of sp³-hybridized carbons (Fsp3) is 0.438. The van der Waals surface area contributed by atoms with E-state index >= 15 is 0 Å². The van der Waals surface area contributed by atoms with E-state index in [2.05, 4.69) is 9.71 Å². The minimum Gasteiger partial charge on any atom is -0.446 e. The Bertz CT molecular complexity index is 811. The smallest absolute Gasteiger partial charge is 0.332 e. The Kier molecular flexibility index (Phi) is 5.24. The predicted molar refractivity (Wildman–Crippen MR) is 87.7 cm³/mol. The number of fused-ring (bicyclic) bond motifs is 1. The minimum absolute atomic E-state index is 0.123. The first-order valence-electron chi connectivity index (χ1n) is 7.60. The van der Waals surface area contributed by atoms with Gasteiger partial charge in [-0.2, -0.15) is 5.26 Å². The Labute approximate surface area is 141 Å². The SMILES string of the molecule is CC[C@H](C)[C@H](N=C1NS(=O)(=O)c2ccccc21)C(=O)O[C@@H](C)C#N. The quantitative estimate of drug-likeness (QED) is 0.812. The lowest BCUT2D eigenvalue weighted by molar-refractivity contribution is -0.148. The molecule has 0 saturated heterocycles. The number of benzene rings is 1. The summed E-state index contributed by atoms with van der Waals surface area (Å²) in [7, 11) is -3.67. The molecular weight excluding hydrogens is 330 g/mol. The summed E-state index contributed by atoms with van der Waals surface area (Å²) < 4.78 is 31.7. The van der Waals surface area contributed by atoms with E-state index < -0.39 is 28.1 Å². The zero-order chi connectivity index (χ0) is 17.9. The van der Waals surface area contributed by atoms with Crippen LogP contribution >= 0.6 is 0 Å². The third kappa shape index (κ3) is 3.57. The highest BCUT2D eigenvalue weighted by Gasteiger charge is 2.33. The van der Waals surface area contributed by atoms with Gasteiger partial charge in [-0.05, 0) is 25.0 Å². The molecule has 128 valence electrons. The van der Waals surface area contributed by atoms with Crippen LogP contribution in [0.3, 0.4) is 0 Å². The van der Waals surface area contributed by atoms with Crippen LogP contribution in [0.5, 0.6) is 0 Å². The Balaban J connectivity index is 2.41. The van der Waals surface area contributed by atoms with Crippen LogP contribution in [0, 0.1) is 17.2 Å². The van der Waals surface area contributed by atoms with Crippen molar-refractivity contribution in [3.8, 4) is 6.07 Å². The molecule has 0 aromatic heterocycles. The van der Waals surface area contributed by atoms with E-state index in [4.69, 9.17) is 10.00 Å². The van der Waals surface area contributed by atoms with Crippen molar-refractivity contribution >= 4 is 21.8 Å². The van der Waals surface area contributed by atoms with Crippen molar-refractivity contribution in [3.05, 3.63) is 29.8 Å². The number of ether oxygens (including phenoxy) is 1. The fourth-order valence-corrected chi connectivity index (χ4v) is 3.51. The normalized spacial score (nSPS) is 20.3. The van der Waals surface area contributed by atoms with Crippen LogP contribution < -0.4 is 4.72 Å². The summed E-state index contributed by atoms with van der Waals surface area (Å²) in [5.74, 6) is -0.694. The molecule has 2 rings (SSSR count). The summed E-state index contributed by atoms with van der Waals surface area (Å²) in [6.45, 7) is 5.18. The third-order valence-corrected chi connectivity index (χ3v) is 5.23. The van der Waals surface area contributed by atoms with Gasteiger partial charge in [-0.25, -0.2) is 13.2 Å². The van der Waals surface area contributed by atoms with E-state index in [-0.39, 0.29) is 16.6 Å². The number of rotatable bonds is 5. The van der Waals surface area contributed by atoms with Gasteiger partial charge in [-0.15, -0.1) is 0 Å². The lowest BCUT2D eigenvalue weighted by Gasteiger charge is -2.19. The highest BCUT2D eigenvalue weighted by atomic mass is 32.2. The number of esters is 1. The van der Waals surface area contributed by atoms with E-state index in [0.29, 0.717) is 12.0 Å². The van der Waals surface area contributed by atoms with E-state index in [1.165, 1.54) is 13.0 Å². The minimum atomic E-state index is -3.67. The Morgan fingerprint density at radius 3 is 2.67 bits per heavy atom. The molecule has 1 aromatic rings. The molecule has 0 saturated carbocycles. The monoisotopic (exact) mass is 349 g/mol. The van der Waals surface area contributed by atoms with Gasteiger partial charge < -0.3 is 4.74 Å². The van der Waals surface area contributed by atoms with Gasteiger partial charge in [0.25, 0.3) is 10.0 Å². The molecule has 1 aliphatic rings. The first kappa shape index (κ1) is 17.9. The Morgan fingerprint density at radius 1 is 1.38 bits per heavy atom. The van der Waals surface area contributed by atoms with Crippen LogP contribution in [0.4, 0.5) is 0 Å². The second kappa shape index (κ2) is 7.01. The second-order valence-electron chi connectivity index (χ2n) is 5.62. The molecule has 0 bridgehead atoms. The number of aliphatic imine (C=N–C) groups is 1. The van der Waals surface area contributed by atoms with Crippen molar-refractivity contribution in [1.82, 2.24) is 4.72 Å². The van der Waals surface area contributed by atoms with Gasteiger partial charge in [0.1, 0.15) is 11.9 Å². The van der Waals surface area contributed by atoms with Gasteiger partial charge in [0.05, 0.1) is 4.90 Å². The Morgan fingerprint density at radius 2 is 2.04 bits per heavy atom. The van der Waals surface area contributed by atoms with Crippen molar-refractivity contribution in [2.24, 2.45) is 10.9 Å². The summed E-state index contributed by atoms with van der Waals surface area (Å²) in [4.78, 5) is 16.8. The first-order chi connectivity index (χ1) is 11.3. The molecule has 8 heteroatoms. The van der Waals surface area contributed by atoms with Gasteiger partial charge >= 0.3 is 5.97 Å². The Hall–Kier alpha value is -2.40. The lowest BCUT2D eigenvalue weighted by atomic mass is 9.99. The number of hydrogen-bond acceptors (Lipinski definition) is 6. The van der Waals surface area contributed by atoms with E-state index in [1.54, 1.807) is 18.2 Å². The zero-order valence-electron chi connectivity index (χ0n) is 13.7. The first-order valence-corrected chi connectivity index (χ1v) is 9.08. The summed E-state index contributed by atoms with van der Waals surface area (Å²) in [5, 5.41) is 8.79. The number of amidine groups is 1. The number of sulfonamides is 1. The van der Waals surface area contributed by atoms with Gasteiger partial charge in [0.15, 0.2) is 12.1 Å². The van der Waals surface area contributed by atoms with Crippen molar-refractivity contribution in [1.29, 1.82) is 5.26 Å². The number of nitrogens with one attached hydrogen (secondary N) is 1. The fourth-order valence-electron chi connectivity index (χ4n) is 2.27.